The fraction of sp³-hybridized carbons (Fsp3) is 0.615. The van der Waals surface area contributed by atoms with E-state index >= 15 is 0 Å². The maximum atomic E-state index is 12.4. The molecule has 0 aromatic heterocycles. The lowest BCUT2D eigenvalue weighted by Crippen LogP contribution is -2.59. The largest absolute Gasteiger partial charge is 0.480 e. The van der Waals surface area contributed by atoms with Gasteiger partial charge >= 0.3 is 5.97 Å². The van der Waals surface area contributed by atoms with Crippen LogP contribution in [0.15, 0.2) is 0 Å². The summed E-state index contributed by atoms with van der Waals surface area (Å²) in [6, 6.07) is -4.08. The van der Waals surface area contributed by atoms with E-state index < -0.39 is 60.9 Å². The summed E-state index contributed by atoms with van der Waals surface area (Å²) in [6.45, 7) is 0.506. The van der Waals surface area contributed by atoms with Crippen molar-refractivity contribution in [1.29, 1.82) is 0 Å². The van der Waals surface area contributed by atoms with E-state index in [0.717, 1.165) is 7.05 Å². The van der Waals surface area contributed by atoms with E-state index in [1.165, 1.54) is 6.92 Å². The number of aliphatic hydroxyl groups is 2. The van der Waals surface area contributed by atoms with Gasteiger partial charge in [-0.1, -0.05) is 0 Å². The number of nitrogens with one attached hydrogen (secondary N) is 3. The Labute approximate surface area is 160 Å². The standard InChI is InChI=1S/C13H24N6O7S/c1-5(21)9(15)10(23)18-19(2)11(24)6(3-8(14)22)16-13(27)17-7(4-20)12(25)26/h5-7,9,20-21H,3-4,15H2,1-2H3,(H2,14,22)(H,18,23)(H,25,26)(H2,16,17,27)/t5?,6-,7-,9?/m1/s1. The van der Waals surface area contributed by atoms with Crippen molar-refractivity contribution in [2.45, 2.75) is 37.6 Å². The number of hydrazine groups is 1. The van der Waals surface area contributed by atoms with Gasteiger partial charge in [-0.25, -0.2) is 4.79 Å². The quantitative estimate of drug-likeness (QED) is 0.134. The van der Waals surface area contributed by atoms with Crippen molar-refractivity contribution in [3.05, 3.63) is 0 Å². The summed E-state index contributed by atoms with van der Waals surface area (Å²) in [4.78, 5) is 46.3. The lowest BCUT2D eigenvalue weighted by molar-refractivity contribution is -0.143. The number of carboxylic acids is 1. The van der Waals surface area contributed by atoms with Crippen molar-refractivity contribution in [3.8, 4) is 0 Å². The molecule has 0 fully saturated rings. The minimum Gasteiger partial charge on any atom is -0.480 e. The Morgan fingerprint density at radius 1 is 1.19 bits per heavy atom. The van der Waals surface area contributed by atoms with Gasteiger partial charge in [0.15, 0.2) is 5.11 Å². The second-order valence-electron chi connectivity index (χ2n) is 5.55. The zero-order valence-electron chi connectivity index (χ0n) is 14.7. The number of hydrogen-bond donors (Lipinski definition) is 8. The Kier molecular flexibility index (Phi) is 10.2. The summed E-state index contributed by atoms with van der Waals surface area (Å²) >= 11 is 4.85. The van der Waals surface area contributed by atoms with Gasteiger partial charge in [0.25, 0.3) is 11.8 Å². The van der Waals surface area contributed by atoms with Crippen LogP contribution in [0.2, 0.25) is 0 Å². The molecule has 3 amide bonds. The molecule has 154 valence electrons. The summed E-state index contributed by atoms with van der Waals surface area (Å²) in [5, 5.41) is 32.1. The van der Waals surface area contributed by atoms with Crippen molar-refractivity contribution in [3.63, 3.8) is 0 Å². The Hall–Kier alpha value is -2.55. The summed E-state index contributed by atoms with van der Waals surface area (Å²) < 4.78 is 0. The van der Waals surface area contributed by atoms with E-state index in [1.807, 2.05) is 0 Å². The summed E-state index contributed by atoms with van der Waals surface area (Å²) in [5.41, 5.74) is 12.7. The number of amides is 3. The number of carbonyl (C=O) groups excluding carboxylic acids is 3. The van der Waals surface area contributed by atoms with Gasteiger partial charge in [0.2, 0.25) is 5.91 Å². The van der Waals surface area contributed by atoms with Crippen LogP contribution in [0.25, 0.3) is 0 Å². The van der Waals surface area contributed by atoms with Crippen LogP contribution in [-0.4, -0.2) is 87.0 Å². The number of nitrogens with zero attached hydrogens (tertiary/aromatic N) is 1. The maximum absolute atomic E-state index is 12.4. The van der Waals surface area contributed by atoms with E-state index in [1.54, 1.807) is 0 Å². The average Bonchev–Trinajstić information content (AvgIpc) is 2.56. The number of hydrogen-bond acceptors (Lipinski definition) is 8. The molecule has 2 unspecified atom stereocenters. The number of primary amides is 1. The summed E-state index contributed by atoms with van der Waals surface area (Å²) in [5.74, 6) is -3.97. The third-order valence-corrected chi connectivity index (χ3v) is 3.46. The van der Waals surface area contributed by atoms with Crippen LogP contribution in [0.1, 0.15) is 13.3 Å². The molecule has 14 heteroatoms. The smallest absolute Gasteiger partial charge is 0.328 e. The third kappa shape index (κ3) is 8.59. The van der Waals surface area contributed by atoms with Crippen molar-refractivity contribution >= 4 is 41.0 Å². The number of nitrogens with two attached hydrogens (primary N) is 2. The molecule has 0 aliphatic carbocycles. The number of thiocarbonyl (C=S) groups is 1. The number of carbonyl (C=O) groups is 4. The first-order valence-electron chi connectivity index (χ1n) is 7.61. The van der Waals surface area contributed by atoms with Crippen LogP contribution in [0.5, 0.6) is 0 Å². The van der Waals surface area contributed by atoms with Gasteiger partial charge < -0.3 is 37.4 Å². The lowest BCUT2D eigenvalue weighted by atomic mass is 10.1. The van der Waals surface area contributed by atoms with Gasteiger partial charge in [0.05, 0.1) is 19.1 Å². The predicted molar refractivity (Wildman–Crippen MR) is 95.5 cm³/mol. The molecule has 0 spiro atoms. The van der Waals surface area contributed by atoms with Crippen LogP contribution in [0.4, 0.5) is 0 Å². The van der Waals surface area contributed by atoms with E-state index in [9.17, 15) is 24.3 Å². The maximum Gasteiger partial charge on any atom is 0.328 e. The second kappa shape index (κ2) is 11.2. The minimum absolute atomic E-state index is 0.337. The van der Waals surface area contributed by atoms with E-state index in [4.69, 9.17) is 33.9 Å². The highest BCUT2D eigenvalue weighted by Gasteiger charge is 2.28. The molecule has 0 aromatic carbocycles. The van der Waals surface area contributed by atoms with Crippen LogP contribution in [0, 0.1) is 0 Å². The molecule has 4 atom stereocenters. The molecule has 0 aliphatic rings. The zero-order chi connectivity index (χ0) is 21.3. The SMILES string of the molecule is CC(O)C(N)C(=O)NN(C)C(=O)[C@@H](CC(N)=O)NC(=S)N[C@H](CO)C(=O)O. The zero-order valence-corrected chi connectivity index (χ0v) is 15.5. The number of aliphatic hydroxyl groups excluding tert-OH is 2. The first-order chi connectivity index (χ1) is 12.4. The van der Waals surface area contributed by atoms with Crippen LogP contribution in [-0.2, 0) is 19.2 Å². The normalized spacial score (nSPS) is 14.9. The molecule has 0 saturated carbocycles. The Morgan fingerprint density at radius 2 is 1.70 bits per heavy atom. The van der Waals surface area contributed by atoms with Gasteiger partial charge in [0, 0.05) is 7.05 Å². The minimum atomic E-state index is -1.43. The van der Waals surface area contributed by atoms with Crippen LogP contribution < -0.4 is 27.5 Å². The van der Waals surface area contributed by atoms with Crippen LogP contribution in [0.3, 0.4) is 0 Å². The van der Waals surface area contributed by atoms with E-state index in [-0.39, 0.29) is 5.11 Å². The van der Waals surface area contributed by atoms with Gasteiger partial charge in [-0.3, -0.25) is 24.8 Å². The van der Waals surface area contributed by atoms with Gasteiger partial charge in [-0.2, -0.15) is 0 Å². The second-order valence-corrected chi connectivity index (χ2v) is 5.96. The highest BCUT2D eigenvalue weighted by atomic mass is 32.1. The number of aliphatic carboxylic acids is 1. The van der Waals surface area contributed by atoms with Crippen molar-refractivity contribution in [2.24, 2.45) is 11.5 Å². The van der Waals surface area contributed by atoms with E-state index in [0.29, 0.717) is 5.01 Å². The first-order valence-corrected chi connectivity index (χ1v) is 8.02. The monoisotopic (exact) mass is 408 g/mol. The highest BCUT2D eigenvalue weighted by Crippen LogP contribution is 1.98. The molecule has 10 N–H and O–H groups in total. The fourth-order valence-corrected chi connectivity index (χ4v) is 1.98. The van der Waals surface area contributed by atoms with Crippen molar-refractivity contribution < 1.29 is 34.5 Å². The number of carboxylic acid groups (broad SMARTS) is 1. The molecule has 0 radical (unpaired) electrons. The summed E-state index contributed by atoms with van der Waals surface area (Å²) in [6.07, 6.45) is -1.70. The molecule has 0 saturated heterocycles. The van der Waals surface area contributed by atoms with Gasteiger partial charge in [0.1, 0.15) is 18.1 Å². The van der Waals surface area contributed by atoms with Crippen molar-refractivity contribution in [2.75, 3.05) is 13.7 Å². The molecule has 0 heterocycles. The average molecular weight is 408 g/mol. The molecule has 0 rings (SSSR count). The van der Waals surface area contributed by atoms with E-state index in [2.05, 4.69) is 16.1 Å². The summed E-state index contributed by atoms with van der Waals surface area (Å²) in [7, 11) is 1.16. The molecule has 0 aromatic rings. The van der Waals surface area contributed by atoms with Gasteiger partial charge in [-0.05, 0) is 19.1 Å². The molecule has 0 bridgehead atoms. The topological polar surface area (TPSA) is 220 Å². The third-order valence-electron chi connectivity index (χ3n) is 3.23. The number of rotatable bonds is 9. The molecule has 0 aliphatic heterocycles. The fourth-order valence-electron chi connectivity index (χ4n) is 1.69. The molecular weight excluding hydrogens is 384 g/mol. The molecule has 13 nitrogen and oxygen atoms in total. The van der Waals surface area contributed by atoms with Crippen molar-refractivity contribution in [1.82, 2.24) is 21.1 Å². The predicted octanol–water partition coefficient (Wildman–Crippen LogP) is -4.66. The van der Waals surface area contributed by atoms with Crippen LogP contribution >= 0.6 is 12.2 Å². The Balaban J connectivity index is 5.08. The molecule has 27 heavy (non-hydrogen) atoms. The number of likely N-dealkylation sites (N-methyl/N-ethyl adjacent to an activating group) is 1. The lowest BCUT2D eigenvalue weighted by Gasteiger charge is -2.27. The first kappa shape index (κ1) is 24.5. The molecular formula is C13H24N6O7S. The highest BCUT2D eigenvalue weighted by molar-refractivity contribution is 7.80. The Morgan fingerprint density at radius 3 is 2.11 bits per heavy atom. The van der Waals surface area contributed by atoms with Gasteiger partial charge in [-0.15, -0.1) is 0 Å². The Bertz CT molecular complexity index is 588.